The lowest BCUT2D eigenvalue weighted by atomic mass is 10.0. The predicted molar refractivity (Wildman–Crippen MR) is 239 cm³/mol. The summed E-state index contributed by atoms with van der Waals surface area (Å²) in [6, 6.07) is 67.8. The van der Waals surface area contributed by atoms with Gasteiger partial charge in [0, 0.05) is 43.7 Å². The maximum Gasteiger partial charge on any atom is 0.238 e. The van der Waals surface area contributed by atoms with Crippen LogP contribution in [0.3, 0.4) is 0 Å². The van der Waals surface area contributed by atoms with Crippen LogP contribution in [0.5, 0.6) is 0 Å². The van der Waals surface area contributed by atoms with Crippen molar-refractivity contribution in [1.82, 2.24) is 33.9 Å². The number of rotatable bonds is 6. The Hall–Kier alpha value is -8.16. The molecule has 0 aliphatic rings. The molecule has 4 aromatic heterocycles. The second-order valence-corrected chi connectivity index (χ2v) is 14.8. The van der Waals surface area contributed by atoms with Gasteiger partial charge < -0.3 is 4.57 Å². The van der Waals surface area contributed by atoms with Crippen LogP contribution in [-0.2, 0) is 0 Å². The summed E-state index contributed by atoms with van der Waals surface area (Å²) in [4.78, 5) is 15.5. The third kappa shape index (κ3) is 5.29. The Kier molecular flexibility index (Phi) is 7.40. The van der Waals surface area contributed by atoms with Crippen LogP contribution in [0, 0.1) is 0 Å². The zero-order valence-corrected chi connectivity index (χ0v) is 31.7. The molecule has 0 N–H and O–H groups in total. The molecule has 0 unspecified atom stereocenters. The summed E-state index contributed by atoms with van der Waals surface area (Å²) in [5, 5.41) is 10.6. The highest BCUT2D eigenvalue weighted by Crippen LogP contribution is 2.40. The van der Waals surface area contributed by atoms with E-state index in [1.165, 1.54) is 21.8 Å². The average Bonchev–Trinajstić information content (AvgIpc) is 4.00. The molecule has 7 nitrogen and oxygen atoms in total. The van der Waals surface area contributed by atoms with Gasteiger partial charge in [-0.1, -0.05) is 127 Å². The van der Waals surface area contributed by atoms with Crippen LogP contribution >= 0.6 is 0 Å². The van der Waals surface area contributed by atoms with Crippen LogP contribution in [-0.4, -0.2) is 33.9 Å². The van der Waals surface area contributed by atoms with Crippen LogP contribution < -0.4 is 0 Å². The van der Waals surface area contributed by atoms with E-state index in [1.54, 1.807) is 0 Å². The number of aromatic nitrogens is 7. The Bertz CT molecular complexity index is 3470. The third-order valence-electron chi connectivity index (χ3n) is 11.4. The summed E-state index contributed by atoms with van der Waals surface area (Å²) in [6.07, 6.45) is 1.97. The van der Waals surface area contributed by atoms with Crippen molar-refractivity contribution in [2.24, 2.45) is 0 Å². The van der Waals surface area contributed by atoms with E-state index in [0.29, 0.717) is 17.6 Å². The highest BCUT2D eigenvalue weighted by atomic mass is 15.3. The number of hydrogen-bond donors (Lipinski definition) is 0. The van der Waals surface area contributed by atoms with E-state index < -0.39 is 0 Å². The van der Waals surface area contributed by atoms with Crippen molar-refractivity contribution in [3.8, 4) is 51.2 Å². The van der Waals surface area contributed by atoms with Gasteiger partial charge in [-0.05, 0) is 77.9 Å². The molecular formula is C52H33N7. The summed E-state index contributed by atoms with van der Waals surface area (Å²) >= 11 is 0. The zero-order chi connectivity index (χ0) is 38.9. The van der Waals surface area contributed by atoms with Crippen LogP contribution in [0.4, 0.5) is 0 Å². The summed E-state index contributed by atoms with van der Waals surface area (Å²) in [6.45, 7) is 0. The second kappa shape index (κ2) is 13.2. The molecule has 0 saturated heterocycles. The third-order valence-corrected chi connectivity index (χ3v) is 11.4. The molecule has 0 saturated carbocycles. The first-order chi connectivity index (χ1) is 29.3. The first kappa shape index (κ1) is 33.0. The maximum absolute atomic E-state index is 5.23. The average molecular weight is 756 g/mol. The Morgan fingerprint density at radius 3 is 1.47 bits per heavy atom. The van der Waals surface area contributed by atoms with Gasteiger partial charge in [0.15, 0.2) is 11.6 Å². The molecule has 0 aliphatic carbocycles. The minimum atomic E-state index is 0.542. The first-order valence-electron chi connectivity index (χ1n) is 19.7. The molecule has 276 valence electrons. The van der Waals surface area contributed by atoms with Crippen molar-refractivity contribution >= 4 is 54.5 Å². The zero-order valence-electron chi connectivity index (χ0n) is 31.7. The molecule has 0 bridgehead atoms. The monoisotopic (exact) mass is 755 g/mol. The Labute approximate surface area is 338 Å². The predicted octanol–water partition coefficient (Wildman–Crippen LogP) is 12.4. The smallest absolute Gasteiger partial charge is 0.238 e. The van der Waals surface area contributed by atoms with Crippen molar-refractivity contribution in [3.05, 3.63) is 200 Å². The normalized spacial score (nSPS) is 11.7. The summed E-state index contributed by atoms with van der Waals surface area (Å²) < 4.78 is 6.56. The minimum Gasteiger partial charge on any atom is -0.309 e. The van der Waals surface area contributed by atoms with Crippen molar-refractivity contribution in [2.45, 2.75) is 0 Å². The SMILES string of the molecule is c1ccc(-c2nc(-c3ccccc3)nc(-n3c4ccc(-c5ccc6c(c5)c5ccccc5n6-c5ccccc5)cc4c4ccc5c(cnn5-c5ccccc5)c43)n2)cc1. The maximum atomic E-state index is 5.23. The molecule has 0 spiro atoms. The largest absolute Gasteiger partial charge is 0.309 e. The van der Waals surface area contributed by atoms with E-state index in [9.17, 15) is 0 Å². The molecule has 12 aromatic rings. The van der Waals surface area contributed by atoms with Gasteiger partial charge in [-0.2, -0.15) is 15.1 Å². The van der Waals surface area contributed by atoms with E-state index >= 15 is 0 Å². The fraction of sp³-hybridized carbons (Fsp3) is 0. The van der Waals surface area contributed by atoms with Gasteiger partial charge in [0.1, 0.15) is 0 Å². The molecule has 0 aliphatic heterocycles. The standard InChI is InChI=1S/C52H33N7/c1-5-15-34(16-6-1)50-54-51(35-17-7-2-8-18-35)56-52(55-50)58-47-29-26-37(32-43(47)41-27-30-48-44(49(41)58)33-53-59(48)39-21-11-4-12-22-39)36-25-28-46-42(31-36)40-23-13-14-24-45(40)57(46)38-19-9-3-10-20-38/h1-33H. The van der Waals surface area contributed by atoms with E-state index in [2.05, 4.69) is 124 Å². The lowest BCUT2D eigenvalue weighted by Crippen LogP contribution is -2.06. The van der Waals surface area contributed by atoms with Crippen molar-refractivity contribution < 1.29 is 0 Å². The number of benzene rings is 8. The second-order valence-electron chi connectivity index (χ2n) is 14.8. The highest BCUT2D eigenvalue weighted by Gasteiger charge is 2.22. The fourth-order valence-electron chi connectivity index (χ4n) is 8.68. The van der Waals surface area contributed by atoms with Crippen molar-refractivity contribution in [1.29, 1.82) is 0 Å². The molecule has 12 rings (SSSR count). The Morgan fingerprint density at radius 2 is 0.831 bits per heavy atom. The van der Waals surface area contributed by atoms with Gasteiger partial charge in [-0.3, -0.25) is 4.57 Å². The van der Waals surface area contributed by atoms with E-state index in [-0.39, 0.29) is 0 Å². The summed E-state index contributed by atoms with van der Waals surface area (Å²) in [7, 11) is 0. The summed E-state index contributed by atoms with van der Waals surface area (Å²) in [5.41, 5.74) is 11.6. The Balaban J connectivity index is 1.12. The van der Waals surface area contributed by atoms with Gasteiger partial charge in [0.25, 0.3) is 0 Å². The number of nitrogens with zero attached hydrogens (tertiary/aromatic N) is 7. The molecule has 59 heavy (non-hydrogen) atoms. The van der Waals surface area contributed by atoms with E-state index in [0.717, 1.165) is 66.3 Å². The van der Waals surface area contributed by atoms with E-state index in [1.807, 2.05) is 89.7 Å². The molecule has 0 amide bonds. The number of para-hydroxylation sites is 3. The molecule has 8 aromatic carbocycles. The first-order valence-corrected chi connectivity index (χ1v) is 19.7. The lowest BCUT2D eigenvalue weighted by Gasteiger charge is -2.11. The summed E-state index contributed by atoms with van der Waals surface area (Å²) in [5.74, 6) is 1.76. The lowest BCUT2D eigenvalue weighted by molar-refractivity contribution is 0.911. The van der Waals surface area contributed by atoms with Gasteiger partial charge >= 0.3 is 0 Å². The Morgan fingerprint density at radius 1 is 0.322 bits per heavy atom. The highest BCUT2D eigenvalue weighted by molar-refractivity contribution is 6.19. The van der Waals surface area contributed by atoms with Gasteiger partial charge in [-0.25, -0.2) is 9.67 Å². The molecule has 0 atom stereocenters. The number of fused-ring (bicyclic) bond motifs is 8. The minimum absolute atomic E-state index is 0.542. The van der Waals surface area contributed by atoms with Gasteiger partial charge in [0.2, 0.25) is 5.95 Å². The topological polar surface area (TPSA) is 66.3 Å². The van der Waals surface area contributed by atoms with Gasteiger partial charge in [-0.15, -0.1) is 0 Å². The van der Waals surface area contributed by atoms with Crippen molar-refractivity contribution in [2.75, 3.05) is 0 Å². The van der Waals surface area contributed by atoms with Gasteiger partial charge in [0.05, 0.1) is 39.5 Å². The van der Waals surface area contributed by atoms with Crippen molar-refractivity contribution in [3.63, 3.8) is 0 Å². The molecular weight excluding hydrogens is 723 g/mol. The van der Waals surface area contributed by atoms with E-state index in [4.69, 9.17) is 20.1 Å². The van der Waals surface area contributed by atoms with Crippen LogP contribution in [0.25, 0.3) is 106 Å². The van der Waals surface area contributed by atoms with Crippen LogP contribution in [0.2, 0.25) is 0 Å². The van der Waals surface area contributed by atoms with Crippen LogP contribution in [0.15, 0.2) is 200 Å². The molecule has 0 radical (unpaired) electrons. The molecule has 0 fully saturated rings. The molecule has 4 heterocycles. The van der Waals surface area contributed by atoms with Crippen LogP contribution in [0.1, 0.15) is 0 Å². The molecule has 7 heteroatoms. The number of hydrogen-bond acceptors (Lipinski definition) is 4. The quantitative estimate of drug-likeness (QED) is 0.169. The fourth-order valence-corrected chi connectivity index (χ4v) is 8.68.